The molecular formula is C8H12O3S. The lowest BCUT2D eigenvalue weighted by Crippen LogP contribution is -2.18. The minimum absolute atomic E-state index is 0.00833. The van der Waals surface area contributed by atoms with Gasteiger partial charge in [-0.1, -0.05) is 17.7 Å². The number of hydrogen-bond donors (Lipinski definition) is 1. The third-order valence-corrected chi connectivity index (χ3v) is 1.93. The molecule has 0 heterocycles. The first kappa shape index (κ1) is 11.5. The molecule has 0 aromatic heterocycles. The second kappa shape index (κ2) is 7.17. The Bertz CT molecular complexity index is 174. The summed E-state index contributed by atoms with van der Waals surface area (Å²) in [6.07, 6.45) is 4.30. The van der Waals surface area contributed by atoms with Crippen molar-refractivity contribution in [3.63, 3.8) is 0 Å². The van der Waals surface area contributed by atoms with Crippen LogP contribution in [0, 0.1) is 12.3 Å². The molecule has 3 nitrogen and oxygen atoms in total. The third-order valence-electron chi connectivity index (χ3n) is 0.975. The second-order valence-corrected chi connectivity index (χ2v) is 3.37. The molecule has 0 aliphatic carbocycles. The van der Waals surface area contributed by atoms with Crippen LogP contribution in [0.5, 0.6) is 0 Å². The molecule has 0 bridgehead atoms. The topological polar surface area (TPSA) is 46.5 Å². The van der Waals surface area contributed by atoms with Gasteiger partial charge in [0.2, 0.25) is 0 Å². The fourth-order valence-corrected chi connectivity index (χ4v) is 1.04. The Morgan fingerprint density at radius 1 is 1.83 bits per heavy atom. The van der Waals surface area contributed by atoms with Crippen molar-refractivity contribution in [3.8, 4) is 12.3 Å². The van der Waals surface area contributed by atoms with E-state index in [0.717, 1.165) is 11.8 Å². The Morgan fingerprint density at radius 2 is 2.50 bits per heavy atom. The average molecular weight is 188 g/mol. The van der Waals surface area contributed by atoms with Crippen LogP contribution in [0.15, 0.2) is 0 Å². The molecule has 68 valence electrons. The highest BCUT2D eigenvalue weighted by atomic mass is 32.2. The van der Waals surface area contributed by atoms with Gasteiger partial charge in [0.25, 0.3) is 0 Å². The average Bonchev–Trinajstić information content (AvgIpc) is 2.01. The van der Waals surface area contributed by atoms with Gasteiger partial charge in [-0.05, 0) is 0 Å². The number of carbonyl (C=O) groups excluding carboxylic acids is 1. The summed E-state index contributed by atoms with van der Waals surface area (Å²) in [5, 5.41) is 9.15. The van der Waals surface area contributed by atoms with Crippen molar-refractivity contribution in [2.75, 3.05) is 19.0 Å². The summed E-state index contributed by atoms with van der Waals surface area (Å²) in [6, 6.07) is 0. The molecule has 0 rings (SSSR count). The number of thioether (sulfide) groups is 1. The quantitative estimate of drug-likeness (QED) is 0.497. The lowest BCUT2D eigenvalue weighted by molar-refractivity contribution is -0.109. The van der Waals surface area contributed by atoms with E-state index in [1.807, 2.05) is 0 Å². The molecule has 0 amide bonds. The fraction of sp³-hybridized carbons (Fsp3) is 0.625. The normalized spacial score (nSPS) is 12.1. The lowest BCUT2D eigenvalue weighted by atomic mass is 10.4. The number of carbonyl (C=O) groups is 1. The first-order valence-corrected chi connectivity index (χ1v) is 4.48. The van der Waals surface area contributed by atoms with E-state index in [-0.39, 0.29) is 18.3 Å². The van der Waals surface area contributed by atoms with Gasteiger partial charge in [0.05, 0.1) is 12.7 Å². The predicted molar refractivity (Wildman–Crippen MR) is 48.8 cm³/mol. The summed E-state index contributed by atoms with van der Waals surface area (Å²) in [6.45, 7) is 1.84. The Morgan fingerprint density at radius 3 is 3.00 bits per heavy atom. The summed E-state index contributed by atoms with van der Waals surface area (Å²) < 4.78 is 4.87. The van der Waals surface area contributed by atoms with Crippen molar-refractivity contribution in [3.05, 3.63) is 0 Å². The molecule has 1 atom stereocenters. The van der Waals surface area contributed by atoms with Crippen LogP contribution in [-0.2, 0) is 9.53 Å². The molecule has 0 radical (unpaired) electrons. The summed E-state index contributed by atoms with van der Waals surface area (Å²) in [7, 11) is 0. The maximum atomic E-state index is 10.5. The van der Waals surface area contributed by atoms with Crippen LogP contribution in [0.4, 0.5) is 0 Å². The molecule has 0 saturated carbocycles. The molecule has 0 spiro atoms. The van der Waals surface area contributed by atoms with Gasteiger partial charge in [-0.2, -0.15) is 0 Å². The van der Waals surface area contributed by atoms with E-state index in [1.165, 1.54) is 6.92 Å². The number of aliphatic hydroxyl groups excluding tert-OH is 1. The van der Waals surface area contributed by atoms with Gasteiger partial charge >= 0.3 is 0 Å². The first-order chi connectivity index (χ1) is 5.66. The Labute approximate surface area is 76.5 Å². The number of aliphatic hydroxyl groups is 1. The van der Waals surface area contributed by atoms with Crippen molar-refractivity contribution in [2.45, 2.75) is 13.0 Å². The van der Waals surface area contributed by atoms with Gasteiger partial charge < -0.3 is 9.84 Å². The number of ether oxygens (including phenoxy) is 1. The Balaban J connectivity index is 3.28. The van der Waals surface area contributed by atoms with Crippen LogP contribution >= 0.6 is 11.8 Å². The fourth-order valence-electron chi connectivity index (χ4n) is 0.516. The summed E-state index contributed by atoms with van der Waals surface area (Å²) >= 11 is 1.08. The van der Waals surface area contributed by atoms with Crippen molar-refractivity contribution >= 4 is 16.9 Å². The van der Waals surface area contributed by atoms with Crippen LogP contribution in [0.1, 0.15) is 6.92 Å². The maximum Gasteiger partial charge on any atom is 0.185 e. The van der Waals surface area contributed by atoms with Crippen LogP contribution < -0.4 is 0 Å². The molecule has 0 aliphatic heterocycles. The monoisotopic (exact) mass is 188 g/mol. The lowest BCUT2D eigenvalue weighted by Gasteiger charge is -2.07. The largest absolute Gasteiger partial charge is 0.390 e. The van der Waals surface area contributed by atoms with E-state index < -0.39 is 6.10 Å². The van der Waals surface area contributed by atoms with Gasteiger partial charge in [0.15, 0.2) is 5.12 Å². The maximum absolute atomic E-state index is 10.5. The summed E-state index contributed by atoms with van der Waals surface area (Å²) in [5.74, 6) is 2.64. The second-order valence-electron chi connectivity index (χ2n) is 2.18. The molecule has 12 heavy (non-hydrogen) atoms. The van der Waals surface area contributed by atoms with Crippen molar-refractivity contribution in [1.82, 2.24) is 0 Å². The predicted octanol–water partition coefficient (Wildman–Crippen LogP) is 0.277. The summed E-state index contributed by atoms with van der Waals surface area (Å²) in [5.41, 5.74) is 0. The molecule has 4 heteroatoms. The van der Waals surface area contributed by atoms with E-state index in [4.69, 9.17) is 16.3 Å². The van der Waals surface area contributed by atoms with Crippen LogP contribution in [0.3, 0.4) is 0 Å². The van der Waals surface area contributed by atoms with E-state index in [2.05, 4.69) is 5.92 Å². The molecule has 1 unspecified atom stereocenters. The molecule has 0 fully saturated rings. The van der Waals surface area contributed by atoms with E-state index in [1.54, 1.807) is 0 Å². The molecule has 0 aromatic carbocycles. The van der Waals surface area contributed by atoms with Crippen molar-refractivity contribution < 1.29 is 14.6 Å². The molecule has 0 saturated heterocycles. The Hall–Kier alpha value is -0.500. The van der Waals surface area contributed by atoms with E-state index in [9.17, 15) is 4.79 Å². The minimum atomic E-state index is -0.618. The van der Waals surface area contributed by atoms with Crippen LogP contribution in [0.25, 0.3) is 0 Å². The van der Waals surface area contributed by atoms with Gasteiger partial charge in [0, 0.05) is 12.7 Å². The van der Waals surface area contributed by atoms with Crippen molar-refractivity contribution in [2.24, 2.45) is 0 Å². The number of terminal acetylenes is 1. The van der Waals surface area contributed by atoms with Gasteiger partial charge in [-0.25, -0.2) is 0 Å². The van der Waals surface area contributed by atoms with Crippen LogP contribution in [-0.4, -0.2) is 35.3 Å². The number of hydrogen-bond acceptors (Lipinski definition) is 4. The van der Waals surface area contributed by atoms with E-state index >= 15 is 0 Å². The molecule has 0 aromatic rings. The van der Waals surface area contributed by atoms with Gasteiger partial charge in [-0.3, -0.25) is 4.79 Å². The van der Waals surface area contributed by atoms with Gasteiger partial charge in [0.1, 0.15) is 6.61 Å². The molecular weight excluding hydrogens is 176 g/mol. The zero-order valence-corrected chi connectivity index (χ0v) is 7.76. The Kier molecular flexibility index (Phi) is 6.87. The van der Waals surface area contributed by atoms with Crippen molar-refractivity contribution in [1.29, 1.82) is 0 Å². The van der Waals surface area contributed by atoms with Crippen LogP contribution in [0.2, 0.25) is 0 Å². The number of rotatable bonds is 5. The zero-order valence-electron chi connectivity index (χ0n) is 6.95. The van der Waals surface area contributed by atoms with E-state index in [0.29, 0.717) is 5.75 Å². The van der Waals surface area contributed by atoms with Gasteiger partial charge in [-0.15, -0.1) is 6.42 Å². The SMILES string of the molecule is C#CCOCC(O)CSC(C)=O. The standard InChI is InChI=1S/C8H12O3S/c1-3-4-11-5-8(10)6-12-7(2)9/h1,8,10H,4-6H2,2H3. The molecule has 1 N–H and O–H groups in total. The summed E-state index contributed by atoms with van der Waals surface area (Å²) in [4.78, 5) is 10.5. The minimum Gasteiger partial charge on any atom is -0.390 e. The highest BCUT2D eigenvalue weighted by molar-refractivity contribution is 8.13. The smallest absolute Gasteiger partial charge is 0.185 e. The molecule has 0 aliphatic rings. The highest BCUT2D eigenvalue weighted by Crippen LogP contribution is 2.03. The third kappa shape index (κ3) is 7.61. The zero-order chi connectivity index (χ0) is 9.40. The first-order valence-electron chi connectivity index (χ1n) is 3.49. The highest BCUT2D eigenvalue weighted by Gasteiger charge is 2.05.